The minimum Gasteiger partial charge on any atom is -0.493 e. The highest BCUT2D eigenvalue weighted by Gasteiger charge is 2.35. The lowest BCUT2D eigenvalue weighted by Gasteiger charge is -2.28. The van der Waals surface area contributed by atoms with E-state index in [9.17, 15) is 4.79 Å². The Hall–Kier alpha value is -3.46. The quantitative estimate of drug-likeness (QED) is 0.233. The molecule has 0 saturated heterocycles. The fraction of sp³-hybridized carbons (Fsp3) is 0.346. The van der Waals surface area contributed by atoms with E-state index in [-0.39, 0.29) is 6.61 Å². The van der Waals surface area contributed by atoms with Crippen LogP contribution in [0.15, 0.2) is 65.0 Å². The van der Waals surface area contributed by atoms with Crippen molar-refractivity contribution in [2.45, 2.75) is 44.5 Å². The number of allylic oxidation sites excluding steroid dienone is 1. The average Bonchev–Trinajstić information content (AvgIpc) is 3.28. The maximum atomic E-state index is 13.4. The summed E-state index contributed by atoms with van der Waals surface area (Å²) < 4.78 is 18.4. The van der Waals surface area contributed by atoms with Crippen LogP contribution >= 0.6 is 11.8 Å². The van der Waals surface area contributed by atoms with Gasteiger partial charge in [0.1, 0.15) is 12.6 Å². The van der Waals surface area contributed by atoms with Crippen molar-refractivity contribution in [3.05, 3.63) is 70.9 Å². The van der Waals surface area contributed by atoms with Crippen molar-refractivity contribution in [3.8, 4) is 11.5 Å². The number of aromatic nitrogens is 3. The number of fused-ring (bicyclic) bond motifs is 1. The molecule has 1 atom stereocenters. The number of nitrogens with one attached hydrogen (secondary N) is 1. The molecule has 0 bridgehead atoms. The normalized spacial score (nSPS) is 14.8. The monoisotopic (exact) mass is 494 g/mol. The molecule has 2 aromatic carbocycles. The number of rotatable bonds is 10. The molecule has 35 heavy (non-hydrogen) atoms. The van der Waals surface area contributed by atoms with E-state index >= 15 is 0 Å². The fourth-order valence-electron chi connectivity index (χ4n) is 3.90. The molecule has 0 radical (unpaired) electrons. The largest absolute Gasteiger partial charge is 0.493 e. The van der Waals surface area contributed by atoms with Gasteiger partial charge in [-0.25, -0.2) is 9.48 Å². The van der Waals surface area contributed by atoms with Gasteiger partial charge in [0.25, 0.3) is 0 Å². The molecule has 4 rings (SSSR count). The molecule has 0 saturated carbocycles. The molecule has 0 amide bonds. The van der Waals surface area contributed by atoms with Crippen molar-refractivity contribution in [2.24, 2.45) is 0 Å². The Kier molecular flexibility index (Phi) is 7.97. The molecule has 9 heteroatoms. The third-order valence-corrected chi connectivity index (χ3v) is 6.64. The first-order chi connectivity index (χ1) is 17.0. The second-order valence-electron chi connectivity index (χ2n) is 8.11. The predicted octanol–water partition coefficient (Wildman–Crippen LogP) is 5.22. The zero-order valence-electron chi connectivity index (χ0n) is 20.4. The van der Waals surface area contributed by atoms with Gasteiger partial charge in [-0.1, -0.05) is 61.5 Å². The number of hydrogen-bond acceptors (Lipinski definition) is 8. The van der Waals surface area contributed by atoms with Gasteiger partial charge in [-0.15, -0.1) is 5.10 Å². The molecule has 1 aliphatic rings. The minimum atomic E-state index is -0.539. The Balaban J connectivity index is 1.71. The van der Waals surface area contributed by atoms with Crippen molar-refractivity contribution < 1.29 is 19.0 Å². The Morgan fingerprint density at radius 2 is 1.89 bits per heavy atom. The lowest BCUT2D eigenvalue weighted by atomic mass is 9.95. The number of carbonyl (C=O) groups is 1. The summed E-state index contributed by atoms with van der Waals surface area (Å²) in [6.07, 6.45) is 2.18. The van der Waals surface area contributed by atoms with E-state index in [1.54, 1.807) is 30.7 Å². The van der Waals surface area contributed by atoms with Gasteiger partial charge < -0.3 is 19.5 Å². The average molecular weight is 495 g/mol. The van der Waals surface area contributed by atoms with Gasteiger partial charge in [-0.2, -0.15) is 4.98 Å². The summed E-state index contributed by atoms with van der Waals surface area (Å²) in [6.45, 7) is 4.19. The highest BCUT2D eigenvalue weighted by Crippen LogP contribution is 2.39. The van der Waals surface area contributed by atoms with Crippen molar-refractivity contribution in [1.29, 1.82) is 0 Å². The summed E-state index contributed by atoms with van der Waals surface area (Å²) in [5.74, 6) is 2.27. The maximum Gasteiger partial charge on any atom is 0.338 e. The number of thioether (sulfide) groups is 1. The van der Waals surface area contributed by atoms with Crippen LogP contribution < -0.4 is 14.8 Å². The van der Waals surface area contributed by atoms with Gasteiger partial charge in [0.15, 0.2) is 11.5 Å². The predicted molar refractivity (Wildman–Crippen MR) is 136 cm³/mol. The first-order valence-corrected chi connectivity index (χ1v) is 12.5. The van der Waals surface area contributed by atoms with Crippen LogP contribution in [0.5, 0.6) is 11.5 Å². The number of benzene rings is 2. The molecular formula is C26H30N4O4S. The molecule has 8 nitrogen and oxygen atoms in total. The molecule has 1 N–H and O–H groups in total. The Bertz CT molecular complexity index is 1210. The van der Waals surface area contributed by atoms with Crippen LogP contribution in [0.3, 0.4) is 0 Å². The topological polar surface area (TPSA) is 87.5 Å². The van der Waals surface area contributed by atoms with E-state index in [1.807, 2.05) is 55.5 Å². The van der Waals surface area contributed by atoms with E-state index in [4.69, 9.17) is 19.3 Å². The second kappa shape index (κ2) is 11.3. The summed E-state index contributed by atoms with van der Waals surface area (Å²) in [4.78, 5) is 18.1. The van der Waals surface area contributed by atoms with Crippen LogP contribution in [0.25, 0.3) is 0 Å². The highest BCUT2D eigenvalue weighted by molar-refractivity contribution is 7.99. The molecule has 1 unspecified atom stereocenters. The van der Waals surface area contributed by atoms with Crippen molar-refractivity contribution in [2.75, 3.05) is 25.3 Å². The SMILES string of the molecule is CCCCSc1nc2n(n1)C(c1ccc(OC)c(OC)c1)C(C(=O)OCc1ccccc1)=C(C)N2. The van der Waals surface area contributed by atoms with E-state index in [2.05, 4.69) is 17.2 Å². The molecule has 3 aromatic rings. The molecule has 0 fully saturated rings. The van der Waals surface area contributed by atoms with Crippen LogP contribution in [0.1, 0.15) is 43.9 Å². The first kappa shape index (κ1) is 24.7. The third kappa shape index (κ3) is 5.45. The van der Waals surface area contributed by atoms with Gasteiger partial charge in [0.05, 0.1) is 19.8 Å². The van der Waals surface area contributed by atoms with Gasteiger partial charge in [-0.05, 0) is 36.6 Å². The summed E-state index contributed by atoms with van der Waals surface area (Å²) >= 11 is 1.61. The number of unbranched alkanes of at least 4 members (excludes halogenated alkanes) is 1. The van der Waals surface area contributed by atoms with Crippen molar-refractivity contribution in [3.63, 3.8) is 0 Å². The molecule has 0 aliphatic carbocycles. The zero-order chi connectivity index (χ0) is 24.8. The smallest absolute Gasteiger partial charge is 0.338 e. The third-order valence-electron chi connectivity index (χ3n) is 5.72. The maximum absolute atomic E-state index is 13.4. The van der Waals surface area contributed by atoms with Crippen LogP contribution in [-0.2, 0) is 16.1 Å². The first-order valence-electron chi connectivity index (χ1n) is 11.6. The van der Waals surface area contributed by atoms with E-state index < -0.39 is 12.0 Å². The van der Waals surface area contributed by atoms with Crippen LogP contribution in [-0.4, -0.2) is 40.7 Å². The summed E-state index contributed by atoms with van der Waals surface area (Å²) in [5.41, 5.74) is 2.87. The van der Waals surface area contributed by atoms with Gasteiger partial charge >= 0.3 is 5.97 Å². The molecule has 0 spiro atoms. The number of nitrogens with zero attached hydrogens (tertiary/aromatic N) is 3. The van der Waals surface area contributed by atoms with Gasteiger partial charge in [0.2, 0.25) is 11.1 Å². The van der Waals surface area contributed by atoms with Gasteiger partial charge in [-0.3, -0.25) is 0 Å². The molecular weight excluding hydrogens is 464 g/mol. The number of ether oxygens (including phenoxy) is 3. The fourth-order valence-corrected chi connectivity index (χ4v) is 4.81. The van der Waals surface area contributed by atoms with E-state index in [0.717, 1.165) is 29.7 Å². The molecule has 184 valence electrons. The van der Waals surface area contributed by atoms with E-state index in [1.165, 1.54) is 0 Å². The Morgan fingerprint density at radius 3 is 2.60 bits per heavy atom. The highest BCUT2D eigenvalue weighted by atomic mass is 32.2. The van der Waals surface area contributed by atoms with Gasteiger partial charge in [0, 0.05) is 11.4 Å². The lowest BCUT2D eigenvalue weighted by Crippen LogP contribution is -2.29. The van der Waals surface area contributed by atoms with Crippen molar-refractivity contribution in [1.82, 2.24) is 14.8 Å². The Morgan fingerprint density at radius 1 is 1.11 bits per heavy atom. The standard InChI is InChI=1S/C26H30N4O4S/c1-5-6-14-35-26-28-25-27-17(2)22(24(31)34-16-18-10-8-7-9-11-18)23(30(25)29-26)19-12-13-20(32-3)21(15-19)33-4/h7-13,15,23H,5-6,14,16H2,1-4H3,(H,27,28,29). The number of carbonyl (C=O) groups excluding carboxylic acids is 1. The Labute approximate surface area is 209 Å². The van der Waals surface area contributed by atoms with Crippen LogP contribution in [0.4, 0.5) is 5.95 Å². The lowest BCUT2D eigenvalue weighted by molar-refractivity contribution is -0.140. The molecule has 1 aliphatic heterocycles. The van der Waals surface area contributed by atoms with E-state index in [0.29, 0.717) is 33.9 Å². The van der Waals surface area contributed by atoms with Crippen LogP contribution in [0, 0.1) is 0 Å². The number of anilines is 1. The van der Waals surface area contributed by atoms with Crippen molar-refractivity contribution >= 4 is 23.7 Å². The number of methoxy groups -OCH3 is 2. The number of hydrogen-bond donors (Lipinski definition) is 1. The summed E-state index contributed by atoms with van der Waals surface area (Å²) in [6, 6.07) is 14.7. The molecule has 2 heterocycles. The summed E-state index contributed by atoms with van der Waals surface area (Å²) in [5, 5.41) is 8.67. The minimum absolute atomic E-state index is 0.178. The second-order valence-corrected chi connectivity index (χ2v) is 9.17. The number of esters is 1. The summed E-state index contributed by atoms with van der Waals surface area (Å²) in [7, 11) is 3.18. The van der Waals surface area contributed by atoms with Crippen LogP contribution in [0.2, 0.25) is 0 Å². The molecule has 1 aromatic heterocycles. The zero-order valence-corrected chi connectivity index (χ0v) is 21.2.